The molecule has 2 fully saturated rings. The van der Waals surface area contributed by atoms with Crippen molar-refractivity contribution in [3.63, 3.8) is 0 Å². The van der Waals surface area contributed by atoms with E-state index in [4.69, 9.17) is 0 Å². The third-order valence-electron chi connectivity index (χ3n) is 4.94. The van der Waals surface area contributed by atoms with Crippen molar-refractivity contribution in [2.45, 2.75) is 45.7 Å². The largest absolute Gasteiger partial charge is 0.357 e. The molecule has 3 rings (SSSR count). The first-order chi connectivity index (χ1) is 11.7. The number of benzene rings is 1. The molecule has 1 saturated heterocycles. The second-order valence-corrected chi connectivity index (χ2v) is 7.04. The van der Waals surface area contributed by atoms with Crippen LogP contribution < -0.4 is 10.6 Å². The molecule has 1 aromatic carbocycles. The molecular formula is C19H30FIN4. The van der Waals surface area contributed by atoms with Gasteiger partial charge in [-0.05, 0) is 62.8 Å². The molecule has 0 aromatic heterocycles. The van der Waals surface area contributed by atoms with E-state index in [2.05, 4.69) is 27.4 Å². The lowest BCUT2D eigenvalue weighted by Crippen LogP contribution is -2.40. The summed E-state index contributed by atoms with van der Waals surface area (Å²) in [5.41, 5.74) is 1.57. The zero-order valence-corrected chi connectivity index (χ0v) is 17.6. The SMILES string of the molecule is CCNC(=NCc1ccc(C)c(F)c1)NCC1CCN(C2CC2)C1.I. The average Bonchev–Trinajstić information content (AvgIpc) is 3.32. The normalized spacial score (nSPS) is 21.1. The van der Waals surface area contributed by atoms with Gasteiger partial charge in [-0.3, -0.25) is 0 Å². The van der Waals surface area contributed by atoms with Crippen molar-refractivity contribution in [2.24, 2.45) is 10.9 Å². The van der Waals surface area contributed by atoms with Gasteiger partial charge in [0.05, 0.1) is 6.54 Å². The first kappa shape index (κ1) is 20.4. The van der Waals surface area contributed by atoms with Gasteiger partial charge >= 0.3 is 0 Å². The van der Waals surface area contributed by atoms with Crippen LogP contribution in [0.25, 0.3) is 0 Å². The van der Waals surface area contributed by atoms with Crippen molar-refractivity contribution >= 4 is 29.9 Å². The molecule has 6 heteroatoms. The Bertz CT molecular complexity index is 589. The Labute approximate surface area is 167 Å². The van der Waals surface area contributed by atoms with Crippen LogP contribution in [0.1, 0.15) is 37.3 Å². The van der Waals surface area contributed by atoms with Crippen LogP contribution in [0.3, 0.4) is 0 Å². The first-order valence-corrected chi connectivity index (χ1v) is 9.17. The van der Waals surface area contributed by atoms with E-state index in [1.165, 1.54) is 32.4 Å². The highest BCUT2D eigenvalue weighted by atomic mass is 127. The maximum Gasteiger partial charge on any atom is 0.191 e. The van der Waals surface area contributed by atoms with Gasteiger partial charge in [0.1, 0.15) is 5.82 Å². The van der Waals surface area contributed by atoms with Crippen LogP contribution in [0.5, 0.6) is 0 Å². The molecule has 25 heavy (non-hydrogen) atoms. The van der Waals surface area contributed by atoms with Crippen LogP contribution in [-0.2, 0) is 6.54 Å². The standard InChI is InChI=1S/C19H29FN4.HI/c1-3-21-19(22-11-15-5-4-14(2)18(20)10-15)23-12-16-8-9-24(13-16)17-6-7-17;/h4-5,10,16-17H,3,6-9,11-13H2,1-2H3,(H2,21,22,23);1H. The molecule has 2 aliphatic rings. The third-order valence-corrected chi connectivity index (χ3v) is 4.94. The minimum Gasteiger partial charge on any atom is -0.357 e. The molecule has 0 amide bonds. The zero-order valence-electron chi connectivity index (χ0n) is 15.2. The molecule has 1 heterocycles. The lowest BCUT2D eigenvalue weighted by molar-refractivity contribution is 0.314. The molecule has 0 radical (unpaired) electrons. The fourth-order valence-electron chi connectivity index (χ4n) is 3.29. The summed E-state index contributed by atoms with van der Waals surface area (Å²) in [5, 5.41) is 6.74. The Hall–Kier alpha value is -0.890. The molecule has 1 aliphatic carbocycles. The fourth-order valence-corrected chi connectivity index (χ4v) is 3.29. The zero-order chi connectivity index (χ0) is 16.9. The summed E-state index contributed by atoms with van der Waals surface area (Å²) in [6.07, 6.45) is 4.04. The Morgan fingerprint density at radius 1 is 1.28 bits per heavy atom. The van der Waals surface area contributed by atoms with E-state index in [9.17, 15) is 4.39 Å². The summed E-state index contributed by atoms with van der Waals surface area (Å²) in [6.45, 7) is 8.57. The number of rotatable bonds is 6. The number of aliphatic imine (C=N–C) groups is 1. The van der Waals surface area contributed by atoms with E-state index in [0.717, 1.165) is 30.7 Å². The van der Waals surface area contributed by atoms with E-state index in [0.29, 0.717) is 18.0 Å². The Kier molecular flexibility index (Phi) is 7.93. The minimum atomic E-state index is -0.160. The molecule has 1 aromatic rings. The van der Waals surface area contributed by atoms with Crippen LogP contribution in [0.2, 0.25) is 0 Å². The second-order valence-electron chi connectivity index (χ2n) is 7.04. The van der Waals surface area contributed by atoms with Crippen LogP contribution in [-0.4, -0.2) is 43.1 Å². The first-order valence-electron chi connectivity index (χ1n) is 9.17. The number of hydrogen-bond donors (Lipinski definition) is 2. The van der Waals surface area contributed by atoms with Gasteiger partial charge < -0.3 is 15.5 Å². The van der Waals surface area contributed by atoms with Gasteiger partial charge in [-0.2, -0.15) is 0 Å². The van der Waals surface area contributed by atoms with Crippen LogP contribution in [0.4, 0.5) is 4.39 Å². The highest BCUT2D eigenvalue weighted by Crippen LogP contribution is 2.31. The van der Waals surface area contributed by atoms with Crippen LogP contribution in [0.15, 0.2) is 23.2 Å². The van der Waals surface area contributed by atoms with Gasteiger partial charge in [-0.25, -0.2) is 9.38 Å². The average molecular weight is 460 g/mol. The van der Waals surface area contributed by atoms with Crippen molar-refractivity contribution in [3.05, 3.63) is 35.1 Å². The quantitative estimate of drug-likeness (QED) is 0.389. The van der Waals surface area contributed by atoms with Crippen molar-refractivity contribution < 1.29 is 4.39 Å². The Balaban J connectivity index is 0.00000225. The van der Waals surface area contributed by atoms with Crippen LogP contribution >= 0.6 is 24.0 Å². The number of hydrogen-bond acceptors (Lipinski definition) is 2. The highest BCUT2D eigenvalue weighted by molar-refractivity contribution is 14.0. The summed E-state index contributed by atoms with van der Waals surface area (Å²) >= 11 is 0. The molecule has 1 unspecified atom stereocenters. The Morgan fingerprint density at radius 3 is 2.76 bits per heavy atom. The number of guanidine groups is 1. The van der Waals surface area contributed by atoms with E-state index >= 15 is 0 Å². The number of aryl methyl sites for hydroxylation is 1. The molecule has 1 aliphatic heterocycles. The molecule has 1 saturated carbocycles. The predicted octanol–water partition coefficient (Wildman–Crippen LogP) is 3.29. The van der Waals surface area contributed by atoms with Gasteiger partial charge in [0.15, 0.2) is 5.96 Å². The van der Waals surface area contributed by atoms with E-state index in [1.807, 2.05) is 12.1 Å². The van der Waals surface area contributed by atoms with E-state index in [1.54, 1.807) is 13.0 Å². The summed E-state index contributed by atoms with van der Waals surface area (Å²) in [7, 11) is 0. The number of nitrogens with one attached hydrogen (secondary N) is 2. The summed E-state index contributed by atoms with van der Waals surface area (Å²) in [6, 6.07) is 6.20. The fraction of sp³-hybridized carbons (Fsp3) is 0.632. The van der Waals surface area contributed by atoms with Crippen LogP contribution in [0, 0.1) is 18.7 Å². The topological polar surface area (TPSA) is 39.7 Å². The van der Waals surface area contributed by atoms with Crippen molar-refractivity contribution in [3.8, 4) is 0 Å². The van der Waals surface area contributed by atoms with E-state index in [-0.39, 0.29) is 29.8 Å². The molecule has 4 nitrogen and oxygen atoms in total. The Morgan fingerprint density at radius 2 is 2.08 bits per heavy atom. The van der Waals surface area contributed by atoms with Gasteiger partial charge in [-0.1, -0.05) is 12.1 Å². The molecular weight excluding hydrogens is 430 g/mol. The lowest BCUT2D eigenvalue weighted by Gasteiger charge is -2.17. The number of likely N-dealkylation sites (tertiary alicyclic amines) is 1. The maximum absolute atomic E-state index is 13.6. The number of nitrogens with zero attached hydrogens (tertiary/aromatic N) is 2. The van der Waals surface area contributed by atoms with E-state index < -0.39 is 0 Å². The third kappa shape index (κ3) is 6.09. The summed E-state index contributed by atoms with van der Waals surface area (Å²) in [5.74, 6) is 1.36. The summed E-state index contributed by atoms with van der Waals surface area (Å²) < 4.78 is 13.6. The smallest absolute Gasteiger partial charge is 0.191 e. The van der Waals surface area contributed by atoms with Gasteiger partial charge in [-0.15, -0.1) is 24.0 Å². The monoisotopic (exact) mass is 460 g/mol. The molecule has 2 N–H and O–H groups in total. The van der Waals surface area contributed by atoms with Crippen molar-refractivity contribution in [1.29, 1.82) is 0 Å². The number of halogens is 2. The van der Waals surface area contributed by atoms with Crippen molar-refractivity contribution in [2.75, 3.05) is 26.2 Å². The highest BCUT2D eigenvalue weighted by Gasteiger charge is 2.34. The second kappa shape index (κ2) is 9.71. The predicted molar refractivity (Wildman–Crippen MR) is 112 cm³/mol. The maximum atomic E-state index is 13.6. The summed E-state index contributed by atoms with van der Waals surface area (Å²) in [4.78, 5) is 7.23. The molecule has 0 spiro atoms. The minimum absolute atomic E-state index is 0. The molecule has 140 valence electrons. The van der Waals surface area contributed by atoms with Gasteiger partial charge in [0, 0.05) is 25.7 Å². The van der Waals surface area contributed by atoms with Gasteiger partial charge in [0.25, 0.3) is 0 Å². The molecule has 0 bridgehead atoms. The van der Waals surface area contributed by atoms with Gasteiger partial charge in [0.2, 0.25) is 0 Å². The van der Waals surface area contributed by atoms with Crippen molar-refractivity contribution in [1.82, 2.24) is 15.5 Å². The lowest BCUT2D eigenvalue weighted by atomic mass is 10.1. The molecule has 1 atom stereocenters.